The van der Waals surface area contributed by atoms with Crippen molar-refractivity contribution in [3.63, 3.8) is 0 Å². The fourth-order valence-corrected chi connectivity index (χ4v) is 2.80. The summed E-state index contributed by atoms with van der Waals surface area (Å²) in [5.41, 5.74) is 7.94. The molecule has 0 saturated heterocycles. The van der Waals surface area contributed by atoms with Crippen molar-refractivity contribution in [3.05, 3.63) is 40.2 Å². The third kappa shape index (κ3) is 2.23. The van der Waals surface area contributed by atoms with E-state index in [2.05, 4.69) is 4.98 Å². The SMILES string of the molecule is Cc1cccc(-c2nc(C)c(C(C)N)s2)c1F. The monoisotopic (exact) mass is 250 g/mol. The predicted octanol–water partition coefficient (Wildman–Crippen LogP) is 3.59. The smallest absolute Gasteiger partial charge is 0.136 e. The van der Waals surface area contributed by atoms with Gasteiger partial charge in [-0.05, 0) is 32.4 Å². The van der Waals surface area contributed by atoms with Gasteiger partial charge in [0.05, 0.1) is 5.69 Å². The third-order valence-corrected chi connectivity index (χ3v) is 4.06. The van der Waals surface area contributed by atoms with Gasteiger partial charge in [0.15, 0.2) is 0 Å². The zero-order chi connectivity index (χ0) is 12.6. The summed E-state index contributed by atoms with van der Waals surface area (Å²) in [5, 5.41) is 0.705. The molecule has 4 heteroatoms. The second-order valence-corrected chi connectivity index (χ2v) is 5.22. The van der Waals surface area contributed by atoms with Gasteiger partial charge in [0.1, 0.15) is 10.8 Å². The maximum atomic E-state index is 14.0. The first-order chi connectivity index (χ1) is 8.00. The van der Waals surface area contributed by atoms with Crippen LogP contribution in [0.3, 0.4) is 0 Å². The molecule has 1 heterocycles. The third-order valence-electron chi connectivity index (χ3n) is 2.67. The zero-order valence-electron chi connectivity index (χ0n) is 10.1. The summed E-state index contributed by atoms with van der Waals surface area (Å²) < 4.78 is 14.0. The highest BCUT2D eigenvalue weighted by Gasteiger charge is 2.15. The number of nitrogens with two attached hydrogens (primary N) is 1. The van der Waals surface area contributed by atoms with Gasteiger partial charge < -0.3 is 5.73 Å². The zero-order valence-corrected chi connectivity index (χ0v) is 10.9. The minimum atomic E-state index is -0.197. The van der Waals surface area contributed by atoms with Crippen molar-refractivity contribution in [3.8, 4) is 10.6 Å². The number of hydrogen-bond acceptors (Lipinski definition) is 3. The topological polar surface area (TPSA) is 38.9 Å². The molecule has 2 nitrogen and oxygen atoms in total. The molecule has 17 heavy (non-hydrogen) atoms. The van der Waals surface area contributed by atoms with Gasteiger partial charge in [-0.15, -0.1) is 11.3 Å². The van der Waals surface area contributed by atoms with Gasteiger partial charge in [0.2, 0.25) is 0 Å². The molecule has 1 aromatic heterocycles. The van der Waals surface area contributed by atoms with Crippen molar-refractivity contribution >= 4 is 11.3 Å². The number of rotatable bonds is 2. The molecule has 90 valence electrons. The Kier molecular flexibility index (Phi) is 3.26. The number of aromatic nitrogens is 1. The van der Waals surface area contributed by atoms with E-state index in [0.29, 0.717) is 16.1 Å². The van der Waals surface area contributed by atoms with Crippen LogP contribution in [-0.4, -0.2) is 4.98 Å². The summed E-state index contributed by atoms with van der Waals surface area (Å²) in [6, 6.07) is 5.29. The second-order valence-electron chi connectivity index (χ2n) is 4.19. The van der Waals surface area contributed by atoms with Gasteiger partial charge in [0.25, 0.3) is 0 Å². The predicted molar refractivity (Wildman–Crippen MR) is 69.6 cm³/mol. The Balaban J connectivity index is 2.54. The largest absolute Gasteiger partial charge is 0.323 e. The minimum Gasteiger partial charge on any atom is -0.323 e. The summed E-state index contributed by atoms with van der Waals surface area (Å²) in [6.07, 6.45) is 0. The van der Waals surface area contributed by atoms with E-state index in [4.69, 9.17) is 5.73 Å². The lowest BCUT2D eigenvalue weighted by molar-refractivity contribution is 0.622. The Morgan fingerprint density at radius 3 is 2.65 bits per heavy atom. The standard InChI is InChI=1S/C13H15FN2S/c1-7-5-4-6-10(11(7)14)13-16-9(3)12(17-13)8(2)15/h4-6,8H,15H2,1-3H3. The highest BCUT2D eigenvalue weighted by Crippen LogP contribution is 2.32. The van der Waals surface area contributed by atoms with Crippen LogP contribution in [0.1, 0.15) is 29.1 Å². The van der Waals surface area contributed by atoms with Crippen LogP contribution in [-0.2, 0) is 0 Å². The molecule has 1 aromatic carbocycles. The Hall–Kier alpha value is -1.26. The molecule has 2 aromatic rings. The van der Waals surface area contributed by atoms with Crippen LogP contribution in [0.4, 0.5) is 4.39 Å². The number of halogens is 1. The average Bonchev–Trinajstić information content (AvgIpc) is 2.64. The van der Waals surface area contributed by atoms with Crippen LogP contribution in [0.25, 0.3) is 10.6 Å². The van der Waals surface area contributed by atoms with Gasteiger partial charge in [-0.1, -0.05) is 12.1 Å². The lowest BCUT2D eigenvalue weighted by Crippen LogP contribution is -2.03. The molecule has 2 N–H and O–H groups in total. The van der Waals surface area contributed by atoms with Crippen molar-refractivity contribution in [2.24, 2.45) is 5.73 Å². The maximum absolute atomic E-state index is 14.0. The Bertz CT molecular complexity index is 546. The molecule has 1 unspecified atom stereocenters. The van der Waals surface area contributed by atoms with Crippen LogP contribution >= 0.6 is 11.3 Å². The number of nitrogens with zero attached hydrogens (tertiary/aromatic N) is 1. The van der Waals surface area contributed by atoms with Crippen molar-refractivity contribution < 1.29 is 4.39 Å². The van der Waals surface area contributed by atoms with Crippen molar-refractivity contribution in [1.29, 1.82) is 0 Å². The summed E-state index contributed by atoms with van der Waals surface area (Å²) >= 11 is 1.47. The molecule has 0 bridgehead atoms. The highest BCUT2D eigenvalue weighted by molar-refractivity contribution is 7.15. The second kappa shape index (κ2) is 4.55. The number of hydrogen-bond donors (Lipinski definition) is 1. The van der Waals surface area contributed by atoms with E-state index in [1.54, 1.807) is 19.1 Å². The molecule has 0 aliphatic heterocycles. The Morgan fingerprint density at radius 2 is 2.06 bits per heavy atom. The van der Waals surface area contributed by atoms with E-state index < -0.39 is 0 Å². The Morgan fingerprint density at radius 1 is 1.35 bits per heavy atom. The van der Waals surface area contributed by atoms with E-state index >= 15 is 0 Å². The molecule has 2 rings (SSSR count). The molecular formula is C13H15FN2S. The van der Waals surface area contributed by atoms with Gasteiger partial charge in [-0.25, -0.2) is 9.37 Å². The van der Waals surface area contributed by atoms with Crippen molar-refractivity contribution in [2.75, 3.05) is 0 Å². The van der Waals surface area contributed by atoms with E-state index in [1.807, 2.05) is 19.9 Å². The molecule has 0 fully saturated rings. The lowest BCUT2D eigenvalue weighted by atomic mass is 10.1. The van der Waals surface area contributed by atoms with Crippen LogP contribution in [0.15, 0.2) is 18.2 Å². The minimum absolute atomic E-state index is 0.0610. The van der Waals surface area contributed by atoms with Crippen LogP contribution < -0.4 is 5.73 Å². The molecule has 0 saturated carbocycles. The Labute approximate surface area is 104 Å². The van der Waals surface area contributed by atoms with Crippen LogP contribution in [0.5, 0.6) is 0 Å². The quantitative estimate of drug-likeness (QED) is 0.884. The molecule has 0 spiro atoms. The van der Waals surface area contributed by atoms with Crippen LogP contribution in [0.2, 0.25) is 0 Å². The van der Waals surface area contributed by atoms with Gasteiger partial charge in [0, 0.05) is 16.5 Å². The molecule has 0 aliphatic carbocycles. The number of aryl methyl sites for hydroxylation is 2. The summed E-state index contributed by atoms with van der Waals surface area (Å²) in [7, 11) is 0. The van der Waals surface area contributed by atoms with E-state index in [0.717, 1.165) is 10.6 Å². The van der Waals surface area contributed by atoms with Gasteiger partial charge in [-0.2, -0.15) is 0 Å². The van der Waals surface area contributed by atoms with E-state index in [1.165, 1.54) is 11.3 Å². The van der Waals surface area contributed by atoms with E-state index in [9.17, 15) is 4.39 Å². The number of benzene rings is 1. The molecular weight excluding hydrogens is 235 g/mol. The van der Waals surface area contributed by atoms with E-state index in [-0.39, 0.29) is 11.9 Å². The first-order valence-corrected chi connectivity index (χ1v) is 6.30. The average molecular weight is 250 g/mol. The van der Waals surface area contributed by atoms with Crippen LogP contribution in [0, 0.1) is 19.7 Å². The molecule has 0 radical (unpaired) electrons. The van der Waals surface area contributed by atoms with Gasteiger partial charge in [-0.3, -0.25) is 0 Å². The first kappa shape index (κ1) is 12.2. The molecule has 0 amide bonds. The fourth-order valence-electron chi connectivity index (χ4n) is 1.76. The number of thiazole rings is 1. The normalized spacial score (nSPS) is 12.8. The maximum Gasteiger partial charge on any atom is 0.136 e. The first-order valence-electron chi connectivity index (χ1n) is 5.49. The van der Waals surface area contributed by atoms with Crippen molar-refractivity contribution in [1.82, 2.24) is 4.98 Å². The molecule has 1 atom stereocenters. The van der Waals surface area contributed by atoms with Gasteiger partial charge >= 0.3 is 0 Å². The lowest BCUT2D eigenvalue weighted by Gasteiger charge is -2.02. The summed E-state index contributed by atoms with van der Waals surface area (Å²) in [4.78, 5) is 5.42. The van der Waals surface area contributed by atoms with Crippen molar-refractivity contribution in [2.45, 2.75) is 26.8 Å². The summed E-state index contributed by atoms with van der Waals surface area (Å²) in [6.45, 7) is 5.58. The highest BCUT2D eigenvalue weighted by atomic mass is 32.1. The fraction of sp³-hybridized carbons (Fsp3) is 0.308. The summed E-state index contributed by atoms with van der Waals surface area (Å²) in [5.74, 6) is -0.197. The molecule has 0 aliphatic rings.